The molecular weight excluding hydrogens is 358 g/mol. The van der Waals surface area contributed by atoms with Crippen LogP contribution in [0.15, 0.2) is 54.6 Å². The van der Waals surface area contributed by atoms with E-state index in [4.69, 9.17) is 4.74 Å². The number of hydrogen-bond acceptors (Lipinski definition) is 4. The average Bonchev–Trinajstić information content (AvgIpc) is 2.71. The van der Waals surface area contributed by atoms with E-state index in [2.05, 4.69) is 10.6 Å². The second-order valence-electron chi connectivity index (χ2n) is 6.38. The molecule has 1 unspecified atom stereocenters. The number of carbonyl (C=O) groups excluding carboxylic acids is 3. The number of anilines is 1. The lowest BCUT2D eigenvalue weighted by Gasteiger charge is -2.34. The maximum absolute atomic E-state index is 12.8. The summed E-state index contributed by atoms with van der Waals surface area (Å²) in [5.74, 6) is -0.199. The molecular formula is C21H23N3O4. The molecule has 1 heterocycles. The van der Waals surface area contributed by atoms with E-state index in [1.165, 1.54) is 4.90 Å². The summed E-state index contributed by atoms with van der Waals surface area (Å²) in [4.78, 5) is 39.1. The van der Waals surface area contributed by atoms with Crippen LogP contribution in [0.5, 0.6) is 5.75 Å². The fraction of sp³-hybridized carbons (Fsp3) is 0.286. The zero-order chi connectivity index (χ0) is 19.9. The smallest absolute Gasteiger partial charge is 0.254 e. The Kier molecular flexibility index (Phi) is 6.26. The number of piperazine rings is 1. The standard InChI is InChI=1S/C21H23N3O4/c1-2-28-17-10-8-16(9-11-17)23-19(25)14-18-20(26)22-12-13-24(18)21(27)15-6-4-3-5-7-15/h3-11,18H,2,12-14H2,1H3,(H,22,26)(H,23,25). The Morgan fingerprint density at radius 3 is 2.54 bits per heavy atom. The number of hydrogen-bond donors (Lipinski definition) is 2. The molecule has 146 valence electrons. The highest BCUT2D eigenvalue weighted by molar-refractivity contribution is 6.01. The number of nitrogens with zero attached hydrogens (tertiary/aromatic N) is 1. The van der Waals surface area contributed by atoms with Gasteiger partial charge in [-0.2, -0.15) is 0 Å². The summed E-state index contributed by atoms with van der Waals surface area (Å²) in [6.07, 6.45) is -0.113. The summed E-state index contributed by atoms with van der Waals surface area (Å²) in [7, 11) is 0. The lowest BCUT2D eigenvalue weighted by molar-refractivity contribution is -0.131. The van der Waals surface area contributed by atoms with Crippen molar-refractivity contribution in [1.82, 2.24) is 10.2 Å². The third-order valence-electron chi connectivity index (χ3n) is 4.44. The van der Waals surface area contributed by atoms with Crippen LogP contribution in [0.1, 0.15) is 23.7 Å². The molecule has 0 bridgehead atoms. The Balaban J connectivity index is 1.67. The van der Waals surface area contributed by atoms with Crippen molar-refractivity contribution < 1.29 is 19.1 Å². The van der Waals surface area contributed by atoms with Gasteiger partial charge in [0.1, 0.15) is 11.8 Å². The van der Waals surface area contributed by atoms with Gasteiger partial charge in [0.15, 0.2) is 0 Å². The highest BCUT2D eigenvalue weighted by Crippen LogP contribution is 2.18. The van der Waals surface area contributed by atoms with Gasteiger partial charge in [0.05, 0.1) is 13.0 Å². The topological polar surface area (TPSA) is 87.7 Å². The quantitative estimate of drug-likeness (QED) is 0.802. The van der Waals surface area contributed by atoms with Gasteiger partial charge in [0.25, 0.3) is 5.91 Å². The fourth-order valence-electron chi connectivity index (χ4n) is 3.10. The lowest BCUT2D eigenvalue weighted by atomic mass is 10.1. The van der Waals surface area contributed by atoms with E-state index < -0.39 is 6.04 Å². The lowest BCUT2D eigenvalue weighted by Crippen LogP contribution is -2.58. The van der Waals surface area contributed by atoms with E-state index in [9.17, 15) is 14.4 Å². The highest BCUT2D eigenvalue weighted by atomic mass is 16.5. The molecule has 0 aliphatic carbocycles. The van der Waals surface area contributed by atoms with Crippen LogP contribution in [0.25, 0.3) is 0 Å². The molecule has 0 saturated carbocycles. The first-order valence-electron chi connectivity index (χ1n) is 9.25. The van der Waals surface area contributed by atoms with Crippen LogP contribution in [-0.4, -0.2) is 48.4 Å². The number of amides is 3. The highest BCUT2D eigenvalue weighted by Gasteiger charge is 2.35. The van der Waals surface area contributed by atoms with E-state index in [0.29, 0.717) is 36.7 Å². The van der Waals surface area contributed by atoms with Gasteiger partial charge in [-0.15, -0.1) is 0 Å². The van der Waals surface area contributed by atoms with Crippen molar-refractivity contribution >= 4 is 23.4 Å². The summed E-state index contributed by atoms with van der Waals surface area (Å²) in [5.41, 5.74) is 1.10. The first kappa shape index (κ1) is 19.4. The Morgan fingerprint density at radius 2 is 1.86 bits per heavy atom. The summed E-state index contributed by atoms with van der Waals surface area (Å²) in [6.45, 7) is 3.19. The largest absolute Gasteiger partial charge is 0.494 e. The van der Waals surface area contributed by atoms with Crippen molar-refractivity contribution in [2.45, 2.75) is 19.4 Å². The summed E-state index contributed by atoms with van der Waals surface area (Å²) in [5, 5.41) is 5.50. The van der Waals surface area contributed by atoms with Crippen LogP contribution >= 0.6 is 0 Å². The van der Waals surface area contributed by atoms with Gasteiger partial charge in [0, 0.05) is 24.3 Å². The number of ether oxygens (including phenoxy) is 1. The van der Waals surface area contributed by atoms with E-state index in [1.807, 2.05) is 13.0 Å². The van der Waals surface area contributed by atoms with Gasteiger partial charge < -0.3 is 20.3 Å². The molecule has 3 rings (SSSR count). The van der Waals surface area contributed by atoms with Crippen LogP contribution in [0.2, 0.25) is 0 Å². The van der Waals surface area contributed by atoms with E-state index >= 15 is 0 Å². The summed E-state index contributed by atoms with van der Waals surface area (Å²) in [6, 6.07) is 14.9. The van der Waals surface area contributed by atoms with Gasteiger partial charge in [0.2, 0.25) is 11.8 Å². The molecule has 1 atom stereocenters. The van der Waals surface area contributed by atoms with Crippen LogP contribution in [0.4, 0.5) is 5.69 Å². The third kappa shape index (κ3) is 4.68. The molecule has 1 saturated heterocycles. The third-order valence-corrected chi connectivity index (χ3v) is 4.44. The zero-order valence-corrected chi connectivity index (χ0v) is 15.7. The zero-order valence-electron chi connectivity index (χ0n) is 15.7. The Labute approximate surface area is 163 Å². The molecule has 0 spiro atoms. The second kappa shape index (κ2) is 9.03. The van der Waals surface area contributed by atoms with Crippen molar-refractivity contribution in [1.29, 1.82) is 0 Å². The molecule has 1 aliphatic rings. The minimum absolute atomic E-state index is 0.113. The first-order chi connectivity index (χ1) is 13.6. The van der Waals surface area contributed by atoms with Crippen LogP contribution < -0.4 is 15.4 Å². The van der Waals surface area contributed by atoms with E-state index in [-0.39, 0.29) is 24.1 Å². The van der Waals surface area contributed by atoms with E-state index in [0.717, 1.165) is 0 Å². The average molecular weight is 381 g/mol. The molecule has 1 aliphatic heterocycles. The number of rotatable bonds is 6. The Morgan fingerprint density at radius 1 is 1.14 bits per heavy atom. The second-order valence-corrected chi connectivity index (χ2v) is 6.38. The van der Waals surface area contributed by atoms with Gasteiger partial charge in [-0.05, 0) is 43.3 Å². The van der Waals surface area contributed by atoms with Crippen LogP contribution in [0, 0.1) is 0 Å². The fourth-order valence-corrected chi connectivity index (χ4v) is 3.10. The normalized spacial score (nSPS) is 16.2. The SMILES string of the molecule is CCOc1ccc(NC(=O)CC2C(=O)NCCN2C(=O)c2ccccc2)cc1. The van der Waals surface area contributed by atoms with Gasteiger partial charge in [-0.25, -0.2) is 0 Å². The molecule has 2 N–H and O–H groups in total. The maximum atomic E-state index is 12.8. The van der Waals surface area contributed by atoms with E-state index in [1.54, 1.807) is 48.5 Å². The minimum Gasteiger partial charge on any atom is -0.494 e. The van der Waals surface area contributed by atoms with Gasteiger partial charge >= 0.3 is 0 Å². The van der Waals surface area contributed by atoms with Crippen molar-refractivity contribution in [3.8, 4) is 5.75 Å². The van der Waals surface area contributed by atoms with Gasteiger partial charge in [-0.3, -0.25) is 14.4 Å². The predicted octanol–water partition coefficient (Wildman–Crippen LogP) is 2.05. The number of carbonyl (C=O) groups is 3. The molecule has 2 aromatic rings. The molecule has 1 fully saturated rings. The van der Waals surface area contributed by atoms with Crippen molar-refractivity contribution in [2.75, 3.05) is 25.0 Å². The monoisotopic (exact) mass is 381 g/mol. The maximum Gasteiger partial charge on any atom is 0.254 e. The minimum atomic E-state index is -0.843. The molecule has 28 heavy (non-hydrogen) atoms. The Hall–Kier alpha value is -3.35. The summed E-state index contributed by atoms with van der Waals surface area (Å²) < 4.78 is 5.37. The Bertz CT molecular complexity index is 836. The molecule has 2 aromatic carbocycles. The van der Waals surface area contributed by atoms with Crippen molar-refractivity contribution in [2.24, 2.45) is 0 Å². The predicted molar refractivity (Wildman–Crippen MR) is 105 cm³/mol. The molecule has 7 heteroatoms. The van der Waals surface area contributed by atoms with Crippen LogP contribution in [0.3, 0.4) is 0 Å². The molecule has 7 nitrogen and oxygen atoms in total. The summed E-state index contributed by atoms with van der Waals surface area (Å²) >= 11 is 0. The van der Waals surface area contributed by atoms with Gasteiger partial charge in [-0.1, -0.05) is 18.2 Å². The molecule has 0 radical (unpaired) electrons. The van der Waals surface area contributed by atoms with Crippen LogP contribution in [-0.2, 0) is 9.59 Å². The first-order valence-corrected chi connectivity index (χ1v) is 9.25. The number of benzene rings is 2. The van der Waals surface area contributed by atoms with Crippen molar-refractivity contribution in [3.63, 3.8) is 0 Å². The van der Waals surface area contributed by atoms with Crippen molar-refractivity contribution in [3.05, 3.63) is 60.2 Å². The number of nitrogens with one attached hydrogen (secondary N) is 2. The molecule has 0 aromatic heterocycles. The molecule has 3 amide bonds.